The Morgan fingerprint density at radius 2 is 1.43 bits per heavy atom. The van der Waals surface area contributed by atoms with Crippen molar-refractivity contribution >= 4 is 35.5 Å². The molecule has 4 amide bonds. The molecule has 0 aliphatic heterocycles. The van der Waals surface area contributed by atoms with Crippen LogP contribution in [0.5, 0.6) is 5.75 Å². The number of benzene rings is 3. The first-order chi connectivity index (χ1) is 21.9. The SMILES string of the molecule is COc1ccc(NC(=O)NCCCC(=O)NCC(=O)NC(CC(=O)OOC(=O)C(F)(F)F)c2ccc(-c3ccccc3)cc2)cc1. The monoisotopic (exact) mass is 644 g/mol. The van der Waals surface area contributed by atoms with E-state index in [9.17, 15) is 37.1 Å². The largest absolute Gasteiger partial charge is 0.497 e. The number of ether oxygens (including phenoxy) is 1. The number of hydrogen-bond donors (Lipinski definition) is 4. The van der Waals surface area contributed by atoms with Gasteiger partial charge in [0, 0.05) is 18.7 Å². The minimum Gasteiger partial charge on any atom is -0.497 e. The van der Waals surface area contributed by atoms with E-state index in [1.54, 1.807) is 48.5 Å². The predicted octanol–water partition coefficient (Wildman–Crippen LogP) is 4.19. The molecule has 0 fully saturated rings. The van der Waals surface area contributed by atoms with Crippen LogP contribution in [-0.2, 0) is 29.0 Å². The number of hydrogen-bond acceptors (Lipinski definition) is 8. The maximum Gasteiger partial charge on any atom is 0.495 e. The number of alkyl halides is 3. The molecule has 46 heavy (non-hydrogen) atoms. The summed E-state index contributed by atoms with van der Waals surface area (Å²) in [5, 5.41) is 10.2. The van der Waals surface area contributed by atoms with Crippen molar-refractivity contribution < 1.29 is 51.7 Å². The molecule has 3 aromatic carbocycles. The fraction of sp³-hybridized carbons (Fsp3) is 0.258. The molecule has 4 N–H and O–H groups in total. The third-order valence-corrected chi connectivity index (χ3v) is 6.23. The summed E-state index contributed by atoms with van der Waals surface area (Å²) in [6, 6.07) is 21.0. The van der Waals surface area contributed by atoms with E-state index >= 15 is 0 Å². The maximum atomic E-state index is 12.6. The van der Waals surface area contributed by atoms with Gasteiger partial charge in [0.15, 0.2) is 0 Å². The summed E-state index contributed by atoms with van der Waals surface area (Å²) in [5.41, 5.74) is 2.64. The van der Waals surface area contributed by atoms with Crippen molar-refractivity contribution in [2.24, 2.45) is 0 Å². The van der Waals surface area contributed by atoms with E-state index in [4.69, 9.17) is 4.74 Å². The summed E-state index contributed by atoms with van der Waals surface area (Å²) in [6.45, 7) is -0.315. The lowest BCUT2D eigenvalue weighted by atomic mass is 9.99. The second-order valence-corrected chi connectivity index (χ2v) is 9.63. The third-order valence-electron chi connectivity index (χ3n) is 6.23. The molecule has 0 aliphatic carbocycles. The molecule has 15 heteroatoms. The molecule has 1 unspecified atom stereocenters. The molecule has 0 radical (unpaired) electrons. The van der Waals surface area contributed by atoms with Crippen LogP contribution in [-0.4, -0.2) is 56.2 Å². The summed E-state index contributed by atoms with van der Waals surface area (Å²) in [4.78, 5) is 67.5. The highest BCUT2D eigenvalue weighted by Gasteiger charge is 2.43. The fourth-order valence-corrected chi connectivity index (χ4v) is 3.94. The molecule has 0 aromatic heterocycles. The second-order valence-electron chi connectivity index (χ2n) is 9.63. The summed E-state index contributed by atoms with van der Waals surface area (Å²) in [5.74, 6) is -4.65. The normalized spacial score (nSPS) is 11.4. The molecule has 0 saturated carbocycles. The first-order valence-corrected chi connectivity index (χ1v) is 13.8. The van der Waals surface area contributed by atoms with Crippen LogP contribution in [0.25, 0.3) is 11.1 Å². The summed E-state index contributed by atoms with van der Waals surface area (Å²) in [6.07, 6.45) is -5.82. The van der Waals surface area contributed by atoms with E-state index in [1.165, 1.54) is 7.11 Å². The average molecular weight is 645 g/mol. The Bertz CT molecular complexity index is 1480. The molecule has 0 saturated heterocycles. The Balaban J connectivity index is 1.49. The molecular formula is C31H31F3N4O8. The highest BCUT2D eigenvalue weighted by atomic mass is 19.4. The Morgan fingerprint density at radius 1 is 0.783 bits per heavy atom. The highest BCUT2D eigenvalue weighted by Crippen LogP contribution is 2.24. The molecule has 0 spiro atoms. The quantitative estimate of drug-likeness (QED) is 0.122. The van der Waals surface area contributed by atoms with Crippen LogP contribution in [0.3, 0.4) is 0 Å². The standard InChI is InChI=1S/C31H31F3N4O8/c1-44-24-15-13-23(14-16-24)37-30(43)35-17-5-8-26(39)36-19-27(40)38-25(18-28(41)45-46-29(42)31(32,33)34)22-11-9-21(10-12-22)20-6-3-2-4-7-20/h2-4,6-7,9-16,25H,5,8,17-19H2,1H3,(H,36,39)(H,38,40)(H2,35,37,43). The van der Waals surface area contributed by atoms with E-state index in [1.807, 2.05) is 30.3 Å². The lowest BCUT2D eigenvalue weighted by molar-refractivity contribution is -0.286. The number of carbonyl (C=O) groups is 5. The van der Waals surface area contributed by atoms with Crippen molar-refractivity contribution in [3.05, 3.63) is 84.4 Å². The van der Waals surface area contributed by atoms with Crippen LogP contribution in [0.15, 0.2) is 78.9 Å². The first kappa shape index (κ1) is 34.9. The van der Waals surface area contributed by atoms with E-state index in [0.717, 1.165) is 11.1 Å². The van der Waals surface area contributed by atoms with Crippen molar-refractivity contribution in [3.63, 3.8) is 0 Å². The molecule has 3 rings (SSSR count). The number of rotatable bonds is 13. The van der Waals surface area contributed by atoms with Crippen LogP contribution < -0.4 is 26.0 Å². The van der Waals surface area contributed by atoms with Crippen molar-refractivity contribution in [3.8, 4) is 16.9 Å². The van der Waals surface area contributed by atoms with Crippen molar-refractivity contribution in [1.82, 2.24) is 16.0 Å². The molecule has 1 atom stereocenters. The van der Waals surface area contributed by atoms with Gasteiger partial charge in [0.2, 0.25) is 11.8 Å². The summed E-state index contributed by atoms with van der Waals surface area (Å²) < 4.78 is 42.2. The zero-order valence-electron chi connectivity index (χ0n) is 24.5. The molecule has 0 bridgehead atoms. The predicted molar refractivity (Wildman–Crippen MR) is 158 cm³/mol. The topological polar surface area (TPSA) is 161 Å². The Morgan fingerprint density at radius 3 is 2.07 bits per heavy atom. The second kappa shape index (κ2) is 17.0. The van der Waals surface area contributed by atoms with Crippen LogP contribution >= 0.6 is 0 Å². The number of halogens is 3. The van der Waals surface area contributed by atoms with Crippen LogP contribution in [0.2, 0.25) is 0 Å². The molecule has 3 aromatic rings. The molecule has 244 valence electrons. The fourth-order valence-electron chi connectivity index (χ4n) is 3.94. The number of carbonyl (C=O) groups excluding carboxylic acids is 5. The average Bonchev–Trinajstić information content (AvgIpc) is 3.04. The third kappa shape index (κ3) is 11.8. The van der Waals surface area contributed by atoms with E-state index in [2.05, 4.69) is 31.0 Å². The number of anilines is 1. The zero-order valence-corrected chi connectivity index (χ0v) is 24.5. The minimum atomic E-state index is -5.38. The van der Waals surface area contributed by atoms with Crippen LogP contribution in [0.4, 0.5) is 23.7 Å². The van der Waals surface area contributed by atoms with Gasteiger partial charge in [0.1, 0.15) is 5.75 Å². The minimum absolute atomic E-state index is 0.0165. The van der Waals surface area contributed by atoms with Gasteiger partial charge in [-0.15, -0.1) is 0 Å². The van der Waals surface area contributed by atoms with Crippen molar-refractivity contribution in [2.75, 3.05) is 25.5 Å². The van der Waals surface area contributed by atoms with Crippen LogP contribution in [0.1, 0.15) is 30.9 Å². The van der Waals surface area contributed by atoms with E-state index in [-0.39, 0.29) is 19.4 Å². The number of methoxy groups -OCH3 is 1. The molecule has 0 aliphatic rings. The number of amides is 4. The first-order valence-electron chi connectivity index (χ1n) is 13.8. The van der Waals surface area contributed by atoms with E-state index in [0.29, 0.717) is 17.0 Å². The van der Waals surface area contributed by atoms with Crippen LogP contribution in [0, 0.1) is 0 Å². The van der Waals surface area contributed by atoms with Gasteiger partial charge < -0.3 is 26.0 Å². The van der Waals surface area contributed by atoms with Gasteiger partial charge >= 0.3 is 24.1 Å². The number of urea groups is 1. The van der Waals surface area contributed by atoms with Gasteiger partial charge in [-0.1, -0.05) is 54.6 Å². The van der Waals surface area contributed by atoms with Crippen molar-refractivity contribution in [1.29, 1.82) is 0 Å². The van der Waals surface area contributed by atoms with Gasteiger partial charge in [-0.25, -0.2) is 24.2 Å². The smallest absolute Gasteiger partial charge is 0.495 e. The summed E-state index contributed by atoms with van der Waals surface area (Å²) in [7, 11) is 1.52. The lowest BCUT2D eigenvalue weighted by Gasteiger charge is -2.19. The lowest BCUT2D eigenvalue weighted by Crippen LogP contribution is -2.39. The highest BCUT2D eigenvalue weighted by molar-refractivity contribution is 5.89. The Labute approximate surface area is 261 Å². The van der Waals surface area contributed by atoms with Gasteiger partial charge in [0.05, 0.1) is 26.1 Å². The van der Waals surface area contributed by atoms with Crippen molar-refractivity contribution in [2.45, 2.75) is 31.5 Å². The number of nitrogens with one attached hydrogen (secondary N) is 4. The van der Waals surface area contributed by atoms with Gasteiger partial charge in [-0.3, -0.25) is 9.59 Å². The van der Waals surface area contributed by atoms with Gasteiger partial charge in [0.25, 0.3) is 0 Å². The van der Waals surface area contributed by atoms with Gasteiger partial charge in [-0.2, -0.15) is 13.2 Å². The molecule has 12 nitrogen and oxygen atoms in total. The Kier molecular flexibility index (Phi) is 12.9. The van der Waals surface area contributed by atoms with Gasteiger partial charge in [-0.05, 0) is 47.4 Å². The molecular weight excluding hydrogens is 613 g/mol. The maximum absolute atomic E-state index is 12.6. The van der Waals surface area contributed by atoms with E-state index < -0.39 is 55.0 Å². The molecule has 0 heterocycles. The Hall–Kier alpha value is -5.60. The zero-order chi connectivity index (χ0) is 33.5. The summed E-state index contributed by atoms with van der Waals surface area (Å²) >= 11 is 0.